The van der Waals surface area contributed by atoms with Crippen molar-refractivity contribution in [3.63, 3.8) is 0 Å². The first kappa shape index (κ1) is 12.6. The fourth-order valence-corrected chi connectivity index (χ4v) is 2.30. The summed E-state index contributed by atoms with van der Waals surface area (Å²) in [6.45, 7) is 7.11. The lowest BCUT2D eigenvalue weighted by molar-refractivity contribution is 0.180. The summed E-state index contributed by atoms with van der Waals surface area (Å²) in [6.07, 6.45) is 6.05. The third-order valence-electron chi connectivity index (χ3n) is 3.76. The molecule has 0 aromatic carbocycles. The topological polar surface area (TPSA) is 53.1 Å². The molecule has 2 heterocycles. The molecule has 0 aliphatic carbocycles. The Balaban J connectivity index is 2.06. The van der Waals surface area contributed by atoms with E-state index >= 15 is 0 Å². The van der Waals surface area contributed by atoms with Crippen LogP contribution in [0.25, 0.3) is 0 Å². The summed E-state index contributed by atoms with van der Waals surface area (Å²) in [5.74, 6) is 1.11. The lowest BCUT2D eigenvalue weighted by atomic mass is 9.97. The zero-order chi connectivity index (χ0) is 12.3. The molecule has 1 saturated heterocycles. The van der Waals surface area contributed by atoms with Gasteiger partial charge in [0.2, 0.25) is 0 Å². The molecule has 0 bridgehead atoms. The van der Waals surface area contributed by atoms with Crippen LogP contribution in [0.2, 0.25) is 0 Å². The maximum absolute atomic E-state index is 6.32. The van der Waals surface area contributed by atoms with Crippen LogP contribution in [-0.2, 0) is 11.3 Å². The molecule has 17 heavy (non-hydrogen) atoms. The van der Waals surface area contributed by atoms with Crippen LogP contribution in [0.4, 0.5) is 0 Å². The number of nitrogens with two attached hydrogens (primary N) is 1. The van der Waals surface area contributed by atoms with Gasteiger partial charge in [0, 0.05) is 25.3 Å². The SMILES string of the molecule is CCC(C)Cn1cncc1C(N)C1CCOC1. The van der Waals surface area contributed by atoms with Crippen LogP contribution in [0.15, 0.2) is 12.5 Å². The lowest BCUT2D eigenvalue weighted by Crippen LogP contribution is -2.25. The number of hydrogen-bond donors (Lipinski definition) is 1. The van der Waals surface area contributed by atoms with Gasteiger partial charge in [-0.05, 0) is 12.3 Å². The van der Waals surface area contributed by atoms with Crippen molar-refractivity contribution in [2.75, 3.05) is 13.2 Å². The summed E-state index contributed by atoms with van der Waals surface area (Å²) in [6, 6.07) is 0.0593. The molecule has 96 valence electrons. The molecular formula is C13H23N3O. The molecule has 0 radical (unpaired) electrons. The van der Waals surface area contributed by atoms with Crippen LogP contribution in [0.5, 0.6) is 0 Å². The summed E-state index contributed by atoms with van der Waals surface area (Å²) < 4.78 is 7.61. The van der Waals surface area contributed by atoms with E-state index in [1.807, 2.05) is 12.5 Å². The molecule has 1 aliphatic rings. The zero-order valence-corrected chi connectivity index (χ0v) is 10.8. The van der Waals surface area contributed by atoms with Gasteiger partial charge >= 0.3 is 0 Å². The third kappa shape index (κ3) is 2.87. The Labute approximate surface area is 103 Å². The van der Waals surface area contributed by atoms with Crippen LogP contribution in [-0.4, -0.2) is 22.8 Å². The second kappa shape index (κ2) is 5.65. The Bertz CT molecular complexity index is 344. The van der Waals surface area contributed by atoms with Gasteiger partial charge in [-0.15, -0.1) is 0 Å². The molecule has 1 fully saturated rings. The minimum absolute atomic E-state index is 0.0593. The quantitative estimate of drug-likeness (QED) is 0.851. The molecule has 0 amide bonds. The predicted molar refractivity (Wildman–Crippen MR) is 67.5 cm³/mol. The molecule has 2 N–H and O–H groups in total. The van der Waals surface area contributed by atoms with Gasteiger partial charge in [-0.25, -0.2) is 4.98 Å². The van der Waals surface area contributed by atoms with E-state index in [1.54, 1.807) is 0 Å². The second-order valence-corrected chi connectivity index (χ2v) is 5.13. The first-order valence-corrected chi connectivity index (χ1v) is 6.55. The highest BCUT2D eigenvalue weighted by Crippen LogP contribution is 2.26. The van der Waals surface area contributed by atoms with Crippen molar-refractivity contribution >= 4 is 0 Å². The molecule has 0 spiro atoms. The third-order valence-corrected chi connectivity index (χ3v) is 3.76. The van der Waals surface area contributed by atoms with E-state index in [0.29, 0.717) is 11.8 Å². The maximum Gasteiger partial charge on any atom is 0.0948 e. The summed E-state index contributed by atoms with van der Waals surface area (Å²) in [7, 11) is 0. The average molecular weight is 237 g/mol. The van der Waals surface area contributed by atoms with Crippen molar-refractivity contribution in [3.8, 4) is 0 Å². The fraction of sp³-hybridized carbons (Fsp3) is 0.769. The number of aromatic nitrogens is 2. The van der Waals surface area contributed by atoms with Gasteiger partial charge < -0.3 is 15.0 Å². The average Bonchev–Trinajstić information content (AvgIpc) is 2.98. The maximum atomic E-state index is 6.32. The second-order valence-electron chi connectivity index (χ2n) is 5.13. The molecule has 1 aliphatic heterocycles. The predicted octanol–water partition coefficient (Wildman–Crippen LogP) is 1.97. The van der Waals surface area contributed by atoms with Crippen molar-refractivity contribution in [2.24, 2.45) is 17.6 Å². The molecule has 1 aromatic rings. The molecule has 0 saturated carbocycles. The summed E-state index contributed by atoms with van der Waals surface area (Å²) >= 11 is 0. The van der Waals surface area contributed by atoms with Gasteiger partial charge in [0.15, 0.2) is 0 Å². The van der Waals surface area contributed by atoms with Crippen molar-refractivity contribution in [1.29, 1.82) is 0 Å². The van der Waals surface area contributed by atoms with E-state index in [1.165, 1.54) is 6.42 Å². The lowest BCUT2D eigenvalue weighted by Gasteiger charge is -2.20. The van der Waals surface area contributed by atoms with E-state index < -0.39 is 0 Å². The highest BCUT2D eigenvalue weighted by atomic mass is 16.5. The normalized spacial score (nSPS) is 23.8. The molecule has 3 unspecified atom stereocenters. The highest BCUT2D eigenvalue weighted by Gasteiger charge is 2.26. The Morgan fingerprint density at radius 3 is 3.12 bits per heavy atom. The first-order chi connectivity index (χ1) is 8.22. The van der Waals surface area contributed by atoms with Gasteiger partial charge in [0.25, 0.3) is 0 Å². The monoisotopic (exact) mass is 237 g/mol. The highest BCUT2D eigenvalue weighted by molar-refractivity contribution is 5.07. The van der Waals surface area contributed by atoms with Crippen molar-refractivity contribution < 1.29 is 4.74 Å². The smallest absolute Gasteiger partial charge is 0.0948 e. The zero-order valence-electron chi connectivity index (χ0n) is 10.8. The number of ether oxygens (including phenoxy) is 1. The summed E-state index contributed by atoms with van der Waals surface area (Å²) in [5, 5.41) is 0. The number of imidazole rings is 1. The van der Waals surface area contributed by atoms with Crippen LogP contribution in [0.3, 0.4) is 0 Å². The minimum atomic E-state index is 0.0593. The molecular weight excluding hydrogens is 214 g/mol. The largest absolute Gasteiger partial charge is 0.381 e. The Hall–Kier alpha value is -0.870. The van der Waals surface area contributed by atoms with Crippen molar-refractivity contribution in [2.45, 2.75) is 39.3 Å². The number of rotatable bonds is 5. The van der Waals surface area contributed by atoms with E-state index in [2.05, 4.69) is 23.4 Å². The fourth-order valence-electron chi connectivity index (χ4n) is 2.30. The number of nitrogens with zero attached hydrogens (tertiary/aromatic N) is 2. The standard InChI is InChI=1S/C13H23N3O/c1-3-10(2)7-16-9-15-6-12(16)13(14)11-4-5-17-8-11/h6,9-11,13H,3-5,7-8,14H2,1-2H3. The van der Waals surface area contributed by atoms with Gasteiger partial charge in [-0.1, -0.05) is 20.3 Å². The Morgan fingerprint density at radius 2 is 2.47 bits per heavy atom. The van der Waals surface area contributed by atoms with Crippen LogP contribution < -0.4 is 5.73 Å². The van der Waals surface area contributed by atoms with E-state index in [9.17, 15) is 0 Å². The minimum Gasteiger partial charge on any atom is -0.381 e. The molecule has 4 heteroatoms. The van der Waals surface area contributed by atoms with E-state index in [4.69, 9.17) is 10.5 Å². The van der Waals surface area contributed by atoms with Crippen LogP contribution >= 0.6 is 0 Å². The van der Waals surface area contributed by atoms with Crippen LogP contribution in [0, 0.1) is 11.8 Å². The Kier molecular flexibility index (Phi) is 4.18. The van der Waals surface area contributed by atoms with Crippen molar-refractivity contribution in [1.82, 2.24) is 9.55 Å². The summed E-state index contributed by atoms with van der Waals surface area (Å²) in [5.41, 5.74) is 7.48. The molecule has 3 atom stereocenters. The van der Waals surface area contributed by atoms with Crippen molar-refractivity contribution in [3.05, 3.63) is 18.2 Å². The molecule has 2 rings (SSSR count). The van der Waals surface area contributed by atoms with Gasteiger partial charge in [-0.3, -0.25) is 0 Å². The summed E-state index contributed by atoms with van der Waals surface area (Å²) in [4.78, 5) is 4.24. The van der Waals surface area contributed by atoms with Gasteiger partial charge in [0.05, 0.1) is 24.7 Å². The Morgan fingerprint density at radius 1 is 1.65 bits per heavy atom. The first-order valence-electron chi connectivity index (χ1n) is 6.55. The number of hydrogen-bond acceptors (Lipinski definition) is 3. The van der Waals surface area contributed by atoms with Gasteiger partial charge in [0.1, 0.15) is 0 Å². The van der Waals surface area contributed by atoms with E-state index in [0.717, 1.165) is 31.9 Å². The van der Waals surface area contributed by atoms with E-state index in [-0.39, 0.29) is 6.04 Å². The van der Waals surface area contributed by atoms with Crippen LogP contribution in [0.1, 0.15) is 38.4 Å². The molecule has 1 aromatic heterocycles. The molecule has 4 nitrogen and oxygen atoms in total. The van der Waals surface area contributed by atoms with Gasteiger partial charge in [-0.2, -0.15) is 0 Å².